The predicted molar refractivity (Wildman–Crippen MR) is 83.8 cm³/mol. The van der Waals surface area contributed by atoms with Gasteiger partial charge in [0.25, 0.3) is 0 Å². The quantitative estimate of drug-likeness (QED) is 0.542. The van der Waals surface area contributed by atoms with Gasteiger partial charge in [-0.15, -0.1) is 11.3 Å². The predicted octanol–water partition coefficient (Wildman–Crippen LogP) is 4.62. The monoisotopic (exact) mass is 349 g/mol. The third-order valence-corrected chi connectivity index (χ3v) is 4.68. The largest absolute Gasteiger partial charge is 0.396 e. The van der Waals surface area contributed by atoms with Gasteiger partial charge >= 0.3 is 0 Å². The van der Waals surface area contributed by atoms with Crippen molar-refractivity contribution in [3.05, 3.63) is 63.2 Å². The maximum absolute atomic E-state index is 13.4. The molecule has 5 heteroatoms. The van der Waals surface area contributed by atoms with E-state index in [0.717, 1.165) is 10.1 Å². The Morgan fingerprint density at radius 1 is 1.20 bits per heavy atom. The van der Waals surface area contributed by atoms with E-state index in [1.807, 2.05) is 29.6 Å². The molecular formula is C15H9BrFNOS. The molecule has 3 rings (SSSR count). The molecule has 0 saturated heterocycles. The number of thiophene rings is 1. The van der Waals surface area contributed by atoms with Crippen LogP contribution in [0.1, 0.15) is 15.9 Å². The highest BCUT2D eigenvalue weighted by atomic mass is 79.9. The van der Waals surface area contributed by atoms with Gasteiger partial charge in [-0.25, -0.2) is 4.39 Å². The zero-order valence-electron chi connectivity index (χ0n) is 10.2. The average molecular weight is 350 g/mol. The molecule has 0 aliphatic carbocycles. The van der Waals surface area contributed by atoms with Crippen LogP contribution in [0.25, 0.3) is 10.1 Å². The average Bonchev–Trinajstić information content (AvgIpc) is 2.86. The van der Waals surface area contributed by atoms with E-state index in [0.29, 0.717) is 15.6 Å². The van der Waals surface area contributed by atoms with E-state index in [1.165, 1.54) is 23.5 Å². The maximum atomic E-state index is 13.4. The van der Waals surface area contributed by atoms with Gasteiger partial charge in [0.05, 0.1) is 5.69 Å². The normalized spacial score (nSPS) is 10.9. The molecular weight excluding hydrogens is 341 g/mol. The number of halogens is 2. The van der Waals surface area contributed by atoms with Crippen LogP contribution in [0.5, 0.6) is 0 Å². The molecule has 0 radical (unpaired) electrons. The molecule has 1 heterocycles. The number of benzene rings is 2. The Balaban J connectivity index is 2.16. The van der Waals surface area contributed by atoms with Gasteiger partial charge in [0.1, 0.15) is 5.82 Å². The summed E-state index contributed by atoms with van der Waals surface area (Å²) in [6.45, 7) is 0. The number of nitrogen functional groups attached to an aromatic ring is 1. The summed E-state index contributed by atoms with van der Waals surface area (Å²) in [6.07, 6.45) is 0. The molecule has 0 aliphatic heterocycles. The molecule has 100 valence electrons. The minimum atomic E-state index is -0.538. The van der Waals surface area contributed by atoms with Gasteiger partial charge in [-0.05, 0) is 34.1 Å². The lowest BCUT2D eigenvalue weighted by atomic mass is 10.0. The van der Waals surface area contributed by atoms with Crippen molar-refractivity contribution in [3.8, 4) is 0 Å². The van der Waals surface area contributed by atoms with Crippen LogP contribution >= 0.6 is 27.3 Å². The Kier molecular flexibility index (Phi) is 3.31. The Labute approximate surface area is 127 Å². The highest BCUT2D eigenvalue weighted by Gasteiger charge is 2.18. The Morgan fingerprint density at radius 2 is 1.95 bits per heavy atom. The summed E-state index contributed by atoms with van der Waals surface area (Å²) < 4.78 is 14.8. The number of hydrogen-bond acceptors (Lipinski definition) is 3. The van der Waals surface area contributed by atoms with Crippen LogP contribution in [0.2, 0.25) is 0 Å². The molecule has 0 unspecified atom stereocenters. The first-order valence-electron chi connectivity index (χ1n) is 5.83. The highest BCUT2D eigenvalue weighted by Crippen LogP contribution is 2.31. The standard InChI is InChI=1S/C15H9BrFNOS/c16-11-6-12(17)13(18)5-9(11)15(19)10-7-20-14-4-2-1-3-8(10)14/h1-7H,18H2. The Bertz CT molecular complexity index is 828. The van der Waals surface area contributed by atoms with E-state index < -0.39 is 5.82 Å². The van der Waals surface area contributed by atoms with Crippen molar-refractivity contribution in [1.29, 1.82) is 0 Å². The third-order valence-electron chi connectivity index (χ3n) is 3.06. The van der Waals surface area contributed by atoms with E-state index in [2.05, 4.69) is 15.9 Å². The first-order valence-corrected chi connectivity index (χ1v) is 7.50. The van der Waals surface area contributed by atoms with E-state index in [-0.39, 0.29) is 11.5 Å². The lowest BCUT2D eigenvalue weighted by molar-refractivity contribution is 0.104. The number of ketones is 1. The van der Waals surface area contributed by atoms with Crippen molar-refractivity contribution in [2.24, 2.45) is 0 Å². The van der Waals surface area contributed by atoms with Crippen molar-refractivity contribution >= 4 is 48.8 Å². The minimum absolute atomic E-state index is 0.0314. The number of fused-ring (bicyclic) bond motifs is 1. The Hall–Kier alpha value is -1.72. The number of carbonyl (C=O) groups is 1. The second-order valence-corrected chi connectivity index (χ2v) is 6.09. The van der Waals surface area contributed by atoms with Crippen LogP contribution in [-0.4, -0.2) is 5.78 Å². The van der Waals surface area contributed by atoms with Gasteiger partial charge in [0, 0.05) is 31.1 Å². The zero-order chi connectivity index (χ0) is 14.3. The zero-order valence-corrected chi connectivity index (χ0v) is 12.6. The third kappa shape index (κ3) is 2.13. The molecule has 0 atom stereocenters. The van der Waals surface area contributed by atoms with Crippen molar-refractivity contribution in [2.45, 2.75) is 0 Å². The first-order chi connectivity index (χ1) is 9.58. The van der Waals surface area contributed by atoms with E-state index in [4.69, 9.17) is 5.73 Å². The summed E-state index contributed by atoms with van der Waals surface area (Å²) in [6, 6.07) is 10.3. The second-order valence-electron chi connectivity index (χ2n) is 4.33. The van der Waals surface area contributed by atoms with Crippen molar-refractivity contribution in [1.82, 2.24) is 0 Å². The Morgan fingerprint density at radius 3 is 2.75 bits per heavy atom. The number of hydrogen-bond donors (Lipinski definition) is 1. The summed E-state index contributed by atoms with van der Waals surface area (Å²) in [5, 5.41) is 2.72. The van der Waals surface area contributed by atoms with Gasteiger partial charge in [-0.1, -0.05) is 18.2 Å². The maximum Gasteiger partial charge on any atom is 0.195 e. The fourth-order valence-electron chi connectivity index (χ4n) is 2.04. The minimum Gasteiger partial charge on any atom is -0.396 e. The van der Waals surface area contributed by atoms with Gasteiger partial charge in [0.2, 0.25) is 0 Å². The van der Waals surface area contributed by atoms with Crippen LogP contribution in [0.15, 0.2) is 46.3 Å². The van der Waals surface area contributed by atoms with Gasteiger partial charge in [-0.3, -0.25) is 4.79 Å². The SMILES string of the molecule is Nc1cc(C(=O)c2csc3ccccc23)c(Br)cc1F. The molecule has 0 aliphatic rings. The lowest BCUT2D eigenvalue weighted by Gasteiger charge is -2.05. The molecule has 1 aromatic heterocycles. The van der Waals surface area contributed by atoms with Gasteiger partial charge in [0.15, 0.2) is 5.78 Å². The fourth-order valence-corrected chi connectivity index (χ4v) is 3.47. The first kappa shape index (κ1) is 13.3. The second kappa shape index (κ2) is 5.00. The lowest BCUT2D eigenvalue weighted by Crippen LogP contribution is -2.04. The molecule has 2 N–H and O–H groups in total. The summed E-state index contributed by atoms with van der Waals surface area (Å²) >= 11 is 4.73. The van der Waals surface area contributed by atoms with Crippen LogP contribution in [-0.2, 0) is 0 Å². The molecule has 0 spiro atoms. The van der Waals surface area contributed by atoms with Crippen LogP contribution in [0.3, 0.4) is 0 Å². The number of rotatable bonds is 2. The topological polar surface area (TPSA) is 43.1 Å². The van der Waals surface area contributed by atoms with Crippen LogP contribution < -0.4 is 5.73 Å². The van der Waals surface area contributed by atoms with E-state index in [9.17, 15) is 9.18 Å². The number of nitrogens with two attached hydrogens (primary N) is 1. The van der Waals surface area contributed by atoms with E-state index in [1.54, 1.807) is 0 Å². The summed E-state index contributed by atoms with van der Waals surface area (Å²) in [7, 11) is 0. The molecule has 20 heavy (non-hydrogen) atoms. The van der Waals surface area contributed by atoms with Crippen LogP contribution in [0, 0.1) is 5.82 Å². The van der Waals surface area contributed by atoms with Gasteiger partial charge in [-0.2, -0.15) is 0 Å². The molecule has 0 fully saturated rings. The van der Waals surface area contributed by atoms with Gasteiger partial charge < -0.3 is 5.73 Å². The van der Waals surface area contributed by atoms with Crippen molar-refractivity contribution in [3.63, 3.8) is 0 Å². The molecule has 2 aromatic carbocycles. The molecule has 0 saturated carbocycles. The van der Waals surface area contributed by atoms with Crippen LogP contribution in [0.4, 0.5) is 10.1 Å². The van der Waals surface area contributed by atoms with Crippen molar-refractivity contribution in [2.75, 3.05) is 5.73 Å². The molecule has 0 amide bonds. The number of anilines is 1. The summed E-state index contributed by atoms with van der Waals surface area (Å²) in [5.74, 6) is -0.704. The molecule has 3 aromatic rings. The molecule has 2 nitrogen and oxygen atoms in total. The number of carbonyl (C=O) groups excluding carboxylic acids is 1. The van der Waals surface area contributed by atoms with Crippen molar-refractivity contribution < 1.29 is 9.18 Å². The summed E-state index contributed by atoms with van der Waals surface area (Å²) in [5.41, 5.74) is 6.49. The fraction of sp³-hybridized carbons (Fsp3) is 0. The highest BCUT2D eigenvalue weighted by molar-refractivity contribution is 9.10. The smallest absolute Gasteiger partial charge is 0.195 e. The summed E-state index contributed by atoms with van der Waals surface area (Å²) in [4.78, 5) is 12.6. The van der Waals surface area contributed by atoms with E-state index >= 15 is 0 Å². The molecule has 0 bridgehead atoms.